The van der Waals surface area contributed by atoms with E-state index in [9.17, 15) is 4.79 Å². The molecule has 0 spiro atoms. The highest BCUT2D eigenvalue weighted by Crippen LogP contribution is 2.21. The van der Waals surface area contributed by atoms with Crippen LogP contribution in [0.3, 0.4) is 0 Å². The first kappa shape index (κ1) is 7.54. The van der Waals surface area contributed by atoms with Crippen LogP contribution in [0.5, 0.6) is 0 Å². The van der Waals surface area contributed by atoms with Crippen LogP contribution in [0.2, 0.25) is 0 Å². The number of hydrogen-bond acceptors (Lipinski definition) is 3. The maximum Gasteiger partial charge on any atom is 0.308 e. The fourth-order valence-electron chi connectivity index (χ4n) is 1.02. The predicted molar refractivity (Wildman–Crippen MR) is 35.3 cm³/mol. The molecular formula is C7H12O3. The van der Waals surface area contributed by atoms with Gasteiger partial charge in [0.25, 0.3) is 0 Å². The molecule has 10 heavy (non-hydrogen) atoms. The second-order valence-corrected chi connectivity index (χ2v) is 2.50. The van der Waals surface area contributed by atoms with Crippen LogP contribution in [0.15, 0.2) is 0 Å². The van der Waals surface area contributed by atoms with Crippen LogP contribution in [0, 0.1) is 5.92 Å². The standard InChI is InChI=1S/C7H12O3/c1-3-9-7-5(2)4-6(8)10-7/h5,7H,3-4H2,1-2H3/t5-,7+/m0/s1. The van der Waals surface area contributed by atoms with E-state index in [1.165, 1.54) is 0 Å². The molecule has 0 aromatic heterocycles. The summed E-state index contributed by atoms with van der Waals surface area (Å²) in [5.74, 6) is 0.0680. The lowest BCUT2D eigenvalue weighted by molar-refractivity contribution is -0.165. The summed E-state index contributed by atoms with van der Waals surface area (Å²) in [5.41, 5.74) is 0. The number of carbonyl (C=O) groups excluding carboxylic acids is 1. The molecule has 0 N–H and O–H groups in total. The highest BCUT2D eigenvalue weighted by molar-refractivity contribution is 5.71. The Hall–Kier alpha value is -0.570. The van der Waals surface area contributed by atoms with Crippen LogP contribution in [0.4, 0.5) is 0 Å². The quantitative estimate of drug-likeness (QED) is 0.541. The van der Waals surface area contributed by atoms with Gasteiger partial charge in [0.2, 0.25) is 6.29 Å². The van der Waals surface area contributed by atoms with Crippen molar-refractivity contribution in [3.63, 3.8) is 0 Å². The molecule has 1 rings (SSSR count). The van der Waals surface area contributed by atoms with Crippen molar-refractivity contribution in [3.05, 3.63) is 0 Å². The zero-order valence-corrected chi connectivity index (χ0v) is 6.29. The summed E-state index contributed by atoms with van der Waals surface area (Å²) in [5, 5.41) is 0. The first-order valence-electron chi connectivity index (χ1n) is 3.55. The molecule has 58 valence electrons. The van der Waals surface area contributed by atoms with E-state index in [1.54, 1.807) is 0 Å². The fraction of sp³-hybridized carbons (Fsp3) is 0.857. The van der Waals surface area contributed by atoms with E-state index in [-0.39, 0.29) is 18.2 Å². The molecule has 0 aromatic rings. The van der Waals surface area contributed by atoms with Gasteiger partial charge in [-0.15, -0.1) is 0 Å². The second kappa shape index (κ2) is 3.01. The summed E-state index contributed by atoms with van der Waals surface area (Å²) >= 11 is 0. The van der Waals surface area contributed by atoms with Crippen LogP contribution in [-0.4, -0.2) is 18.9 Å². The van der Waals surface area contributed by atoms with Gasteiger partial charge in [0, 0.05) is 12.5 Å². The maximum atomic E-state index is 10.6. The summed E-state index contributed by atoms with van der Waals surface area (Å²) in [7, 11) is 0. The highest BCUT2D eigenvalue weighted by atomic mass is 16.7. The van der Waals surface area contributed by atoms with Gasteiger partial charge in [0.05, 0.1) is 6.42 Å². The summed E-state index contributed by atoms with van der Waals surface area (Å²) in [6, 6.07) is 0. The maximum absolute atomic E-state index is 10.6. The lowest BCUT2D eigenvalue weighted by Crippen LogP contribution is -2.17. The first-order valence-corrected chi connectivity index (χ1v) is 3.55. The molecule has 2 atom stereocenters. The Labute approximate surface area is 60.3 Å². The molecule has 0 radical (unpaired) electrons. The Bertz CT molecular complexity index is 133. The van der Waals surface area contributed by atoms with Gasteiger partial charge in [-0.05, 0) is 6.92 Å². The Morgan fingerprint density at radius 2 is 2.50 bits per heavy atom. The number of cyclic esters (lactones) is 1. The van der Waals surface area contributed by atoms with Gasteiger partial charge in [-0.25, -0.2) is 0 Å². The highest BCUT2D eigenvalue weighted by Gasteiger charge is 2.31. The van der Waals surface area contributed by atoms with E-state index in [4.69, 9.17) is 9.47 Å². The third-order valence-electron chi connectivity index (χ3n) is 1.53. The van der Waals surface area contributed by atoms with Crippen LogP contribution in [-0.2, 0) is 14.3 Å². The van der Waals surface area contributed by atoms with Gasteiger partial charge in [-0.2, -0.15) is 0 Å². The van der Waals surface area contributed by atoms with Crippen LogP contribution in [0.25, 0.3) is 0 Å². The van der Waals surface area contributed by atoms with Crippen LogP contribution < -0.4 is 0 Å². The molecular weight excluding hydrogens is 132 g/mol. The second-order valence-electron chi connectivity index (χ2n) is 2.50. The van der Waals surface area contributed by atoms with Gasteiger partial charge < -0.3 is 9.47 Å². The summed E-state index contributed by atoms with van der Waals surface area (Å²) in [4.78, 5) is 10.6. The molecule has 0 amide bonds. The smallest absolute Gasteiger partial charge is 0.308 e. The molecule has 0 aliphatic carbocycles. The van der Waals surface area contributed by atoms with E-state index < -0.39 is 0 Å². The van der Waals surface area contributed by atoms with Gasteiger partial charge >= 0.3 is 5.97 Å². The zero-order chi connectivity index (χ0) is 7.56. The van der Waals surface area contributed by atoms with E-state index in [1.807, 2.05) is 13.8 Å². The lowest BCUT2D eigenvalue weighted by Gasteiger charge is -2.12. The minimum Gasteiger partial charge on any atom is -0.435 e. The third-order valence-corrected chi connectivity index (χ3v) is 1.53. The van der Waals surface area contributed by atoms with Crippen molar-refractivity contribution >= 4 is 5.97 Å². The Kier molecular flexibility index (Phi) is 2.27. The average molecular weight is 144 g/mol. The van der Waals surface area contributed by atoms with Gasteiger partial charge in [0.15, 0.2) is 0 Å². The molecule has 0 bridgehead atoms. The average Bonchev–Trinajstić information content (AvgIpc) is 2.13. The molecule has 1 aliphatic rings. The van der Waals surface area contributed by atoms with Gasteiger partial charge in [-0.1, -0.05) is 6.92 Å². The molecule has 3 heteroatoms. The topological polar surface area (TPSA) is 35.5 Å². The van der Waals surface area contributed by atoms with Crippen molar-refractivity contribution in [1.29, 1.82) is 0 Å². The molecule has 1 aliphatic heterocycles. The Morgan fingerprint density at radius 1 is 1.80 bits per heavy atom. The summed E-state index contributed by atoms with van der Waals surface area (Å²) < 4.78 is 10.00. The lowest BCUT2D eigenvalue weighted by atomic mass is 10.1. The minimum absolute atomic E-state index is 0.147. The predicted octanol–water partition coefficient (Wildman–Crippen LogP) is 0.932. The van der Waals surface area contributed by atoms with Crippen molar-refractivity contribution in [2.75, 3.05) is 6.61 Å². The van der Waals surface area contributed by atoms with Gasteiger partial charge in [-0.3, -0.25) is 4.79 Å². The van der Waals surface area contributed by atoms with Crippen molar-refractivity contribution in [2.24, 2.45) is 5.92 Å². The van der Waals surface area contributed by atoms with Gasteiger partial charge in [0.1, 0.15) is 0 Å². The zero-order valence-electron chi connectivity index (χ0n) is 6.29. The van der Waals surface area contributed by atoms with Crippen molar-refractivity contribution in [2.45, 2.75) is 26.6 Å². The summed E-state index contributed by atoms with van der Waals surface area (Å²) in [6.45, 7) is 4.44. The number of rotatable bonds is 2. The molecule has 3 nitrogen and oxygen atoms in total. The Balaban J connectivity index is 2.38. The van der Waals surface area contributed by atoms with E-state index >= 15 is 0 Å². The van der Waals surface area contributed by atoms with Crippen molar-refractivity contribution < 1.29 is 14.3 Å². The van der Waals surface area contributed by atoms with Crippen molar-refractivity contribution in [1.82, 2.24) is 0 Å². The fourth-order valence-corrected chi connectivity index (χ4v) is 1.02. The van der Waals surface area contributed by atoms with Crippen molar-refractivity contribution in [3.8, 4) is 0 Å². The summed E-state index contributed by atoms with van der Waals surface area (Å²) in [6.07, 6.45) is 0.197. The molecule has 0 unspecified atom stereocenters. The number of esters is 1. The third kappa shape index (κ3) is 1.48. The normalized spacial score (nSPS) is 32.4. The number of carbonyl (C=O) groups is 1. The molecule has 1 fully saturated rings. The number of hydrogen-bond donors (Lipinski definition) is 0. The van der Waals surface area contributed by atoms with Crippen LogP contribution in [0.1, 0.15) is 20.3 Å². The Morgan fingerprint density at radius 3 is 2.90 bits per heavy atom. The van der Waals surface area contributed by atoms with E-state index in [0.29, 0.717) is 13.0 Å². The molecule has 1 heterocycles. The SMILES string of the molecule is CCO[C@@H]1OC(=O)C[C@@H]1C. The minimum atomic E-state index is -0.294. The molecule has 1 saturated heterocycles. The molecule has 0 saturated carbocycles. The number of ether oxygens (including phenoxy) is 2. The van der Waals surface area contributed by atoms with Crippen LogP contribution >= 0.6 is 0 Å². The monoisotopic (exact) mass is 144 g/mol. The van der Waals surface area contributed by atoms with E-state index in [2.05, 4.69) is 0 Å². The van der Waals surface area contributed by atoms with E-state index in [0.717, 1.165) is 0 Å². The molecule has 0 aromatic carbocycles. The first-order chi connectivity index (χ1) is 4.74. The largest absolute Gasteiger partial charge is 0.435 e.